The maximum Gasteiger partial charge on any atom is 0.457 e. The molecule has 0 aromatic heterocycles. The Kier molecular flexibility index (Phi) is 4.81. The second kappa shape index (κ2) is 6.59. The molecule has 0 atom stereocenters. The third-order valence-corrected chi connectivity index (χ3v) is 4.15. The minimum atomic E-state index is -3.75. The van der Waals surface area contributed by atoms with Crippen LogP contribution in [0.2, 0.25) is 0 Å². The molecule has 0 heterocycles. The summed E-state index contributed by atoms with van der Waals surface area (Å²) in [5.41, 5.74) is 2.08. The van der Waals surface area contributed by atoms with E-state index in [9.17, 15) is 8.96 Å². The molecule has 0 saturated carbocycles. The van der Waals surface area contributed by atoms with Crippen LogP contribution in [-0.2, 0) is 4.57 Å². The first-order valence-corrected chi connectivity index (χ1v) is 8.02. The first kappa shape index (κ1) is 15.3. The summed E-state index contributed by atoms with van der Waals surface area (Å²) in [6.45, 7) is 3.85. The molecule has 2 aromatic carbocycles. The third-order valence-electron chi connectivity index (χ3n) is 2.75. The minimum Gasteiger partial charge on any atom is -0.413 e. The molecule has 0 bridgehead atoms. The third kappa shape index (κ3) is 4.47. The Morgan fingerprint density at radius 3 is 1.57 bits per heavy atom. The van der Waals surface area contributed by atoms with Crippen LogP contribution in [0.5, 0.6) is 11.5 Å². The van der Waals surface area contributed by atoms with E-state index in [0.717, 1.165) is 16.9 Å². The van der Waals surface area contributed by atoms with Crippen molar-refractivity contribution in [3.63, 3.8) is 0 Å². The SMILES string of the molecule is Cc1ccc(OP(=O)(C=CF)Oc2ccc(C)cc2)cc1. The molecule has 0 unspecified atom stereocenters. The van der Waals surface area contributed by atoms with Crippen LogP contribution in [0.1, 0.15) is 11.1 Å². The van der Waals surface area contributed by atoms with Crippen LogP contribution >= 0.6 is 7.60 Å². The van der Waals surface area contributed by atoms with Gasteiger partial charge >= 0.3 is 7.60 Å². The maximum atomic E-state index is 12.6. The summed E-state index contributed by atoms with van der Waals surface area (Å²) in [6, 6.07) is 13.9. The summed E-state index contributed by atoms with van der Waals surface area (Å²) in [5, 5.41) is 0. The summed E-state index contributed by atoms with van der Waals surface area (Å²) >= 11 is 0. The van der Waals surface area contributed by atoms with Crippen molar-refractivity contribution in [3.05, 3.63) is 71.8 Å². The van der Waals surface area contributed by atoms with Gasteiger partial charge in [0.1, 0.15) is 11.5 Å². The summed E-state index contributed by atoms with van der Waals surface area (Å²) in [7, 11) is -3.75. The van der Waals surface area contributed by atoms with E-state index < -0.39 is 7.60 Å². The van der Waals surface area contributed by atoms with Gasteiger partial charge in [-0.05, 0) is 38.1 Å². The van der Waals surface area contributed by atoms with Crippen molar-refractivity contribution < 1.29 is 18.0 Å². The van der Waals surface area contributed by atoms with Crippen LogP contribution in [0, 0.1) is 13.8 Å². The van der Waals surface area contributed by atoms with Crippen molar-refractivity contribution in [2.75, 3.05) is 0 Å². The van der Waals surface area contributed by atoms with Crippen LogP contribution in [0.25, 0.3) is 0 Å². The molecule has 0 aliphatic carbocycles. The topological polar surface area (TPSA) is 35.5 Å². The monoisotopic (exact) mass is 306 g/mol. The summed E-state index contributed by atoms with van der Waals surface area (Å²) in [4.78, 5) is 0. The molecule has 0 fully saturated rings. The molecule has 3 nitrogen and oxygen atoms in total. The molecule has 0 saturated heterocycles. The second-order valence-electron chi connectivity index (χ2n) is 4.62. The van der Waals surface area contributed by atoms with E-state index in [1.54, 1.807) is 24.3 Å². The zero-order valence-corrected chi connectivity index (χ0v) is 12.7. The highest BCUT2D eigenvalue weighted by molar-refractivity contribution is 7.58. The second-order valence-corrected chi connectivity index (χ2v) is 6.37. The van der Waals surface area contributed by atoms with Crippen LogP contribution < -0.4 is 9.05 Å². The van der Waals surface area contributed by atoms with Gasteiger partial charge in [-0.2, -0.15) is 0 Å². The zero-order valence-electron chi connectivity index (χ0n) is 11.8. The highest BCUT2D eigenvalue weighted by atomic mass is 31.2. The Labute approximate surface area is 123 Å². The molecule has 0 aliphatic rings. The largest absolute Gasteiger partial charge is 0.457 e. The number of hydrogen-bond acceptors (Lipinski definition) is 3. The molecule has 110 valence electrons. The molecule has 0 spiro atoms. The van der Waals surface area contributed by atoms with Crippen LogP contribution in [-0.4, -0.2) is 0 Å². The number of rotatable bonds is 5. The fraction of sp³-hybridized carbons (Fsp3) is 0.125. The average Bonchev–Trinajstić information content (AvgIpc) is 2.44. The van der Waals surface area contributed by atoms with Gasteiger partial charge in [0.2, 0.25) is 0 Å². The zero-order chi connectivity index (χ0) is 15.3. The average molecular weight is 306 g/mol. The molecule has 0 aliphatic heterocycles. The van der Waals surface area contributed by atoms with Crippen molar-refractivity contribution in [1.29, 1.82) is 0 Å². The standard InChI is InChI=1S/C16H16FO3P/c1-13-3-7-15(8-4-13)19-21(18,12-11-17)20-16-9-5-14(2)6-10-16/h3-12H,1-2H3. The van der Waals surface area contributed by atoms with Crippen molar-refractivity contribution in [2.24, 2.45) is 0 Å². The van der Waals surface area contributed by atoms with Crippen LogP contribution in [0.4, 0.5) is 4.39 Å². The number of benzene rings is 2. The van der Waals surface area contributed by atoms with E-state index in [-0.39, 0.29) is 6.33 Å². The van der Waals surface area contributed by atoms with Gasteiger partial charge in [-0.3, -0.25) is 0 Å². The number of halogens is 1. The number of aryl methyl sites for hydroxylation is 2. The molecule has 0 N–H and O–H groups in total. The molecule has 5 heteroatoms. The number of hydrogen-bond donors (Lipinski definition) is 0. The lowest BCUT2D eigenvalue weighted by Gasteiger charge is -2.16. The first-order chi connectivity index (χ1) is 10.0. The van der Waals surface area contributed by atoms with E-state index in [1.165, 1.54) is 0 Å². The Balaban J connectivity index is 2.21. The fourth-order valence-electron chi connectivity index (χ4n) is 1.64. The minimum absolute atomic E-state index is 0.170. The first-order valence-electron chi connectivity index (χ1n) is 6.41. The van der Waals surface area contributed by atoms with Gasteiger partial charge in [-0.1, -0.05) is 35.4 Å². The van der Waals surface area contributed by atoms with Gasteiger partial charge in [-0.15, -0.1) is 0 Å². The Hall–Kier alpha value is -2.06. The van der Waals surface area contributed by atoms with Crippen LogP contribution in [0.15, 0.2) is 60.7 Å². The van der Waals surface area contributed by atoms with Gasteiger partial charge in [0.05, 0.1) is 12.1 Å². The van der Waals surface area contributed by atoms with Gasteiger partial charge in [0.15, 0.2) is 0 Å². The quantitative estimate of drug-likeness (QED) is 0.694. The van der Waals surface area contributed by atoms with E-state index >= 15 is 0 Å². The van der Waals surface area contributed by atoms with Crippen molar-refractivity contribution >= 4 is 7.60 Å². The normalized spacial score (nSPS) is 11.6. The highest BCUT2D eigenvalue weighted by Crippen LogP contribution is 2.49. The fourth-order valence-corrected chi connectivity index (χ4v) is 2.77. The summed E-state index contributed by atoms with van der Waals surface area (Å²) in [5.74, 6) is 1.51. The lowest BCUT2D eigenvalue weighted by molar-refractivity contribution is 0.397. The maximum absolute atomic E-state index is 12.6. The summed E-state index contributed by atoms with van der Waals surface area (Å²) < 4.78 is 35.7. The van der Waals surface area contributed by atoms with Crippen molar-refractivity contribution in [1.82, 2.24) is 0 Å². The summed E-state index contributed by atoms with van der Waals surface area (Å²) in [6.07, 6.45) is 0.170. The van der Waals surface area contributed by atoms with Gasteiger partial charge in [0.25, 0.3) is 0 Å². The van der Waals surface area contributed by atoms with E-state index in [2.05, 4.69) is 0 Å². The van der Waals surface area contributed by atoms with Crippen LogP contribution in [0.3, 0.4) is 0 Å². The molecular formula is C16H16FO3P. The lowest BCUT2D eigenvalue weighted by Crippen LogP contribution is -1.98. The predicted octanol–water partition coefficient (Wildman–Crippen LogP) is 5.40. The molecule has 21 heavy (non-hydrogen) atoms. The Bertz CT molecular complexity index is 611. The van der Waals surface area contributed by atoms with Gasteiger partial charge < -0.3 is 9.05 Å². The van der Waals surface area contributed by atoms with E-state index in [1.807, 2.05) is 38.1 Å². The predicted molar refractivity (Wildman–Crippen MR) is 81.5 cm³/mol. The van der Waals surface area contributed by atoms with Crippen molar-refractivity contribution in [3.8, 4) is 11.5 Å². The smallest absolute Gasteiger partial charge is 0.413 e. The van der Waals surface area contributed by atoms with Crippen molar-refractivity contribution in [2.45, 2.75) is 13.8 Å². The van der Waals surface area contributed by atoms with Gasteiger partial charge in [-0.25, -0.2) is 8.96 Å². The molecular weight excluding hydrogens is 290 g/mol. The lowest BCUT2D eigenvalue weighted by atomic mass is 10.2. The molecule has 0 radical (unpaired) electrons. The van der Waals surface area contributed by atoms with Gasteiger partial charge in [0, 0.05) is 0 Å². The molecule has 2 rings (SSSR count). The highest BCUT2D eigenvalue weighted by Gasteiger charge is 2.24. The molecule has 0 amide bonds. The van der Waals surface area contributed by atoms with E-state index in [0.29, 0.717) is 11.5 Å². The molecule has 2 aromatic rings. The Morgan fingerprint density at radius 2 is 1.24 bits per heavy atom. The Morgan fingerprint density at radius 1 is 0.857 bits per heavy atom. The van der Waals surface area contributed by atoms with E-state index in [4.69, 9.17) is 9.05 Å².